The molecule has 1 unspecified atom stereocenters. The third-order valence-electron chi connectivity index (χ3n) is 7.99. The predicted octanol–water partition coefficient (Wildman–Crippen LogP) is 4.08. The van der Waals surface area contributed by atoms with E-state index in [-0.39, 0.29) is 41.1 Å². The van der Waals surface area contributed by atoms with Gasteiger partial charge in [-0.25, -0.2) is 14.4 Å². The first-order chi connectivity index (χ1) is 19.6. The number of hydrogen-bond acceptors (Lipinski definition) is 6. The number of imidazole rings is 1. The Morgan fingerprint density at radius 1 is 1.15 bits per heavy atom. The lowest BCUT2D eigenvalue weighted by Crippen LogP contribution is -2.44. The average molecular weight is 582 g/mol. The molecule has 9 nitrogen and oxygen atoms in total. The van der Waals surface area contributed by atoms with Crippen molar-refractivity contribution in [3.63, 3.8) is 0 Å². The van der Waals surface area contributed by atoms with Gasteiger partial charge < -0.3 is 24.6 Å². The molecule has 2 aromatic heterocycles. The highest BCUT2D eigenvalue weighted by Gasteiger charge is 2.39. The van der Waals surface area contributed by atoms with E-state index in [9.17, 15) is 14.7 Å². The van der Waals surface area contributed by atoms with E-state index in [1.54, 1.807) is 30.9 Å². The topological polar surface area (TPSA) is 110 Å². The Labute approximate surface area is 242 Å². The molecule has 216 valence electrons. The van der Waals surface area contributed by atoms with Crippen molar-refractivity contribution in [2.24, 2.45) is 0 Å². The van der Waals surface area contributed by atoms with Crippen molar-refractivity contribution in [3.05, 3.63) is 75.3 Å². The Hall–Kier alpha value is -3.50. The molecule has 2 aliphatic heterocycles. The van der Waals surface area contributed by atoms with Gasteiger partial charge >= 0.3 is 0 Å². The zero-order valence-electron chi connectivity index (χ0n) is 23.1. The fourth-order valence-electron chi connectivity index (χ4n) is 5.63. The lowest BCUT2D eigenvalue weighted by Gasteiger charge is -2.37. The molecule has 2 N–H and O–H groups in total. The van der Waals surface area contributed by atoms with Crippen LogP contribution in [0.5, 0.6) is 5.75 Å². The minimum Gasteiger partial charge on any atom is -0.481 e. The number of nitrogens with zero attached hydrogens (tertiary/aromatic N) is 4. The Bertz CT molecular complexity index is 1510. The van der Waals surface area contributed by atoms with Gasteiger partial charge in [0, 0.05) is 37.5 Å². The lowest BCUT2D eigenvalue weighted by molar-refractivity contribution is -0.135. The summed E-state index contributed by atoms with van der Waals surface area (Å²) in [5.41, 5.74) is 1.47. The number of amides is 2. The first-order valence-corrected chi connectivity index (χ1v) is 14.5. The van der Waals surface area contributed by atoms with Gasteiger partial charge in [-0.05, 0) is 63.3 Å². The van der Waals surface area contributed by atoms with Crippen molar-refractivity contribution >= 4 is 23.4 Å². The molecule has 1 atom stereocenters. The number of rotatable bonds is 7. The third kappa shape index (κ3) is 5.55. The van der Waals surface area contributed by atoms with Crippen LogP contribution in [0.4, 0.5) is 4.39 Å². The molecule has 2 amide bonds. The van der Waals surface area contributed by atoms with Gasteiger partial charge in [-0.3, -0.25) is 9.59 Å². The second-order valence-corrected chi connectivity index (χ2v) is 11.9. The Morgan fingerprint density at radius 3 is 2.66 bits per heavy atom. The van der Waals surface area contributed by atoms with Crippen LogP contribution in [0.15, 0.2) is 30.3 Å². The minimum absolute atomic E-state index is 0.0168. The maximum Gasteiger partial charge on any atom is 0.270 e. The van der Waals surface area contributed by atoms with Crippen LogP contribution in [0.1, 0.15) is 84.4 Å². The number of aryl methyl sites for hydroxylation is 1. The number of pyridine rings is 1. The summed E-state index contributed by atoms with van der Waals surface area (Å²) in [5.74, 6) is 0.00359. The monoisotopic (exact) mass is 581 g/mol. The number of carbonyl (C=O) groups excluding carboxylic acids is 2. The smallest absolute Gasteiger partial charge is 0.270 e. The largest absolute Gasteiger partial charge is 0.481 e. The average Bonchev–Trinajstić information content (AvgIpc) is 3.67. The van der Waals surface area contributed by atoms with Gasteiger partial charge in [-0.2, -0.15) is 0 Å². The molecule has 1 aromatic carbocycles. The number of benzene rings is 1. The van der Waals surface area contributed by atoms with Gasteiger partial charge in [0.15, 0.2) is 17.5 Å². The van der Waals surface area contributed by atoms with Crippen molar-refractivity contribution in [1.82, 2.24) is 24.8 Å². The first-order valence-electron chi connectivity index (χ1n) is 14.1. The summed E-state index contributed by atoms with van der Waals surface area (Å²) in [7, 11) is 0. The predicted molar refractivity (Wildman–Crippen MR) is 149 cm³/mol. The van der Waals surface area contributed by atoms with Gasteiger partial charge in [0.25, 0.3) is 11.8 Å². The van der Waals surface area contributed by atoms with Crippen molar-refractivity contribution in [2.75, 3.05) is 13.2 Å². The summed E-state index contributed by atoms with van der Waals surface area (Å²) < 4.78 is 23.7. The number of nitrogens with one attached hydrogen (secondary N) is 1. The molecule has 0 spiro atoms. The van der Waals surface area contributed by atoms with E-state index in [1.807, 2.05) is 0 Å². The maximum atomic E-state index is 15.8. The van der Waals surface area contributed by atoms with Crippen LogP contribution in [0.3, 0.4) is 0 Å². The number of aromatic nitrogens is 3. The highest BCUT2D eigenvalue weighted by atomic mass is 35.5. The summed E-state index contributed by atoms with van der Waals surface area (Å²) in [6, 6.07) is 7.21. The zero-order valence-corrected chi connectivity index (χ0v) is 23.9. The van der Waals surface area contributed by atoms with E-state index < -0.39 is 17.5 Å². The second-order valence-electron chi connectivity index (χ2n) is 11.5. The van der Waals surface area contributed by atoms with Crippen LogP contribution in [0.25, 0.3) is 0 Å². The summed E-state index contributed by atoms with van der Waals surface area (Å²) in [6.07, 6.45) is 5.33. The Morgan fingerprint density at radius 2 is 1.95 bits per heavy atom. The van der Waals surface area contributed by atoms with Crippen molar-refractivity contribution in [2.45, 2.75) is 76.6 Å². The van der Waals surface area contributed by atoms with Crippen LogP contribution in [0, 0.1) is 5.82 Å². The highest BCUT2D eigenvalue weighted by Crippen LogP contribution is 2.39. The van der Waals surface area contributed by atoms with Crippen molar-refractivity contribution in [1.29, 1.82) is 0 Å². The molecule has 1 fully saturated rings. The fourth-order valence-corrected chi connectivity index (χ4v) is 5.84. The molecular formula is C30H33ClFN5O4. The number of halogens is 2. The summed E-state index contributed by atoms with van der Waals surface area (Å²) in [6.45, 7) is 3.97. The van der Waals surface area contributed by atoms with Crippen LogP contribution in [0.2, 0.25) is 5.15 Å². The van der Waals surface area contributed by atoms with E-state index in [4.69, 9.17) is 21.3 Å². The highest BCUT2D eigenvalue weighted by molar-refractivity contribution is 6.31. The molecule has 0 bridgehead atoms. The minimum atomic E-state index is -1.21. The molecule has 1 saturated carbocycles. The Balaban J connectivity index is 1.28. The van der Waals surface area contributed by atoms with E-state index in [2.05, 4.69) is 14.9 Å². The van der Waals surface area contributed by atoms with Gasteiger partial charge in [0.05, 0.1) is 17.0 Å². The van der Waals surface area contributed by atoms with Crippen molar-refractivity contribution in [3.8, 4) is 5.75 Å². The van der Waals surface area contributed by atoms with E-state index in [1.165, 1.54) is 18.2 Å². The SMILES string of the molecule is CC(C)(O)c1ccc(C2c3c(nc4n3CCCC4)CCN2C(=O)COc2ccc(C(=O)NC3CC3)nc2Cl)c(F)c1. The molecule has 0 radical (unpaired) electrons. The molecule has 1 aliphatic carbocycles. The fraction of sp³-hybridized carbons (Fsp3) is 0.467. The zero-order chi connectivity index (χ0) is 28.9. The van der Waals surface area contributed by atoms with Gasteiger partial charge in [0.1, 0.15) is 23.4 Å². The number of aliphatic hydroxyl groups is 1. The Kier molecular flexibility index (Phi) is 7.23. The number of hydrogen-bond donors (Lipinski definition) is 2. The van der Waals surface area contributed by atoms with Crippen LogP contribution < -0.4 is 10.1 Å². The molecule has 3 aromatic rings. The van der Waals surface area contributed by atoms with Gasteiger partial charge in [-0.1, -0.05) is 23.7 Å². The van der Waals surface area contributed by atoms with E-state index >= 15 is 4.39 Å². The number of fused-ring (bicyclic) bond motifs is 3. The number of ether oxygens (including phenoxy) is 1. The summed E-state index contributed by atoms with van der Waals surface area (Å²) in [5, 5.41) is 13.3. The second kappa shape index (κ2) is 10.7. The van der Waals surface area contributed by atoms with Crippen LogP contribution in [-0.4, -0.2) is 55.5 Å². The van der Waals surface area contributed by atoms with Crippen LogP contribution in [-0.2, 0) is 29.8 Å². The molecule has 3 aliphatic rings. The maximum absolute atomic E-state index is 15.8. The van der Waals surface area contributed by atoms with Gasteiger partial charge in [-0.15, -0.1) is 0 Å². The molecule has 41 heavy (non-hydrogen) atoms. The third-order valence-corrected chi connectivity index (χ3v) is 8.26. The van der Waals surface area contributed by atoms with Crippen LogP contribution >= 0.6 is 11.6 Å². The summed E-state index contributed by atoms with van der Waals surface area (Å²) in [4.78, 5) is 36.6. The van der Waals surface area contributed by atoms with E-state index in [0.717, 1.165) is 55.9 Å². The molecule has 0 saturated heterocycles. The number of carbonyl (C=O) groups is 2. The quantitative estimate of drug-likeness (QED) is 0.407. The van der Waals surface area contributed by atoms with E-state index in [0.29, 0.717) is 24.1 Å². The normalized spacial score (nSPS) is 18.5. The van der Waals surface area contributed by atoms with Crippen molar-refractivity contribution < 1.29 is 23.8 Å². The molecule has 6 rings (SSSR count). The molecule has 4 heterocycles. The molecule has 11 heteroatoms. The summed E-state index contributed by atoms with van der Waals surface area (Å²) >= 11 is 6.30. The molecular weight excluding hydrogens is 549 g/mol. The van der Waals surface area contributed by atoms with Gasteiger partial charge in [0.2, 0.25) is 0 Å². The lowest BCUT2D eigenvalue weighted by atomic mass is 9.91. The standard InChI is InChI=1S/C30H33ClFN5O4/c1-30(2,40)17-6-9-19(20(32)15-17)26-27-21(34-24-5-3-4-13-36(24)27)12-14-37(26)25(38)16-41-23-11-10-22(35-28(23)31)29(39)33-18-7-8-18/h6,9-11,15,18,26,40H,3-5,7-8,12-14,16H2,1-2H3,(H,33,39). The first kappa shape index (κ1) is 27.7.